The molecule has 0 aromatic heterocycles. The summed E-state index contributed by atoms with van der Waals surface area (Å²) in [5.74, 6) is 0.335. The molecule has 2 aromatic rings. The van der Waals surface area contributed by atoms with Gasteiger partial charge in [0.1, 0.15) is 5.75 Å². The molecule has 0 saturated heterocycles. The first kappa shape index (κ1) is 13.0. The minimum Gasteiger partial charge on any atom is -0.508 e. The standard InChI is InChI=1S/C18H21NO/c1-13(11-15-7-9-17(20)10-8-15)19-14(2)12-16-5-3-4-6-18(16)19/h3-10,13-14,20H,11-12H2,1-2H3. The summed E-state index contributed by atoms with van der Waals surface area (Å²) in [5, 5.41) is 9.36. The second-order valence-corrected chi connectivity index (χ2v) is 5.81. The molecule has 3 rings (SSSR count). The van der Waals surface area contributed by atoms with Gasteiger partial charge < -0.3 is 10.0 Å². The van der Waals surface area contributed by atoms with Gasteiger partial charge >= 0.3 is 0 Å². The first-order valence-electron chi connectivity index (χ1n) is 7.29. The van der Waals surface area contributed by atoms with E-state index in [4.69, 9.17) is 0 Å². The largest absolute Gasteiger partial charge is 0.508 e. The lowest BCUT2D eigenvalue weighted by Gasteiger charge is -2.32. The lowest BCUT2D eigenvalue weighted by atomic mass is 10.0. The minimum atomic E-state index is 0.335. The van der Waals surface area contributed by atoms with E-state index >= 15 is 0 Å². The number of hydrogen-bond donors (Lipinski definition) is 1. The number of para-hydroxylation sites is 1. The van der Waals surface area contributed by atoms with E-state index in [9.17, 15) is 5.11 Å². The van der Waals surface area contributed by atoms with Crippen LogP contribution in [0.4, 0.5) is 5.69 Å². The van der Waals surface area contributed by atoms with Crippen LogP contribution >= 0.6 is 0 Å². The van der Waals surface area contributed by atoms with Crippen LogP contribution in [0, 0.1) is 0 Å². The van der Waals surface area contributed by atoms with Gasteiger partial charge in [-0.15, -0.1) is 0 Å². The van der Waals surface area contributed by atoms with Crippen molar-refractivity contribution in [3.8, 4) is 5.75 Å². The molecular formula is C18H21NO. The number of aromatic hydroxyl groups is 1. The van der Waals surface area contributed by atoms with Crippen LogP contribution in [0.5, 0.6) is 5.75 Å². The highest BCUT2D eigenvalue weighted by molar-refractivity contribution is 5.60. The van der Waals surface area contributed by atoms with Crippen LogP contribution in [-0.4, -0.2) is 17.2 Å². The highest BCUT2D eigenvalue weighted by Gasteiger charge is 2.29. The first-order chi connectivity index (χ1) is 9.65. The summed E-state index contributed by atoms with van der Waals surface area (Å²) in [4.78, 5) is 2.53. The van der Waals surface area contributed by atoms with Crippen LogP contribution in [0.1, 0.15) is 25.0 Å². The van der Waals surface area contributed by atoms with Crippen LogP contribution in [0.15, 0.2) is 48.5 Å². The van der Waals surface area contributed by atoms with Crippen molar-refractivity contribution < 1.29 is 5.11 Å². The third-order valence-electron chi connectivity index (χ3n) is 4.20. The van der Waals surface area contributed by atoms with Gasteiger partial charge in [-0.05, 0) is 56.0 Å². The molecule has 1 aliphatic heterocycles. The normalized spacial score (nSPS) is 18.9. The van der Waals surface area contributed by atoms with Crippen molar-refractivity contribution in [3.63, 3.8) is 0 Å². The first-order valence-corrected chi connectivity index (χ1v) is 7.29. The zero-order chi connectivity index (χ0) is 14.1. The number of fused-ring (bicyclic) bond motifs is 1. The minimum absolute atomic E-state index is 0.335. The van der Waals surface area contributed by atoms with Gasteiger partial charge in [-0.1, -0.05) is 30.3 Å². The predicted molar refractivity (Wildman–Crippen MR) is 83.4 cm³/mol. The van der Waals surface area contributed by atoms with Crippen molar-refractivity contribution in [1.29, 1.82) is 0 Å². The van der Waals surface area contributed by atoms with Gasteiger partial charge in [0.15, 0.2) is 0 Å². The van der Waals surface area contributed by atoms with Gasteiger partial charge in [-0.3, -0.25) is 0 Å². The molecule has 104 valence electrons. The molecule has 1 N–H and O–H groups in total. The Morgan fingerprint density at radius 2 is 1.85 bits per heavy atom. The van der Waals surface area contributed by atoms with E-state index < -0.39 is 0 Å². The number of rotatable bonds is 3. The summed E-state index contributed by atoms with van der Waals surface area (Å²) in [7, 11) is 0. The number of hydrogen-bond acceptors (Lipinski definition) is 2. The Bertz CT molecular complexity index is 591. The molecule has 2 heteroatoms. The summed E-state index contributed by atoms with van der Waals surface area (Å²) < 4.78 is 0. The molecule has 20 heavy (non-hydrogen) atoms. The average Bonchev–Trinajstić information content (AvgIpc) is 2.77. The predicted octanol–water partition coefficient (Wildman–Crippen LogP) is 3.77. The second-order valence-electron chi connectivity index (χ2n) is 5.81. The molecule has 2 unspecified atom stereocenters. The SMILES string of the molecule is CC(Cc1ccc(O)cc1)N1c2ccccc2CC1C. The summed E-state index contributed by atoms with van der Waals surface area (Å²) in [6.07, 6.45) is 2.13. The molecule has 0 spiro atoms. The molecule has 0 bridgehead atoms. The number of nitrogens with zero attached hydrogens (tertiary/aromatic N) is 1. The monoisotopic (exact) mass is 267 g/mol. The lowest BCUT2D eigenvalue weighted by molar-refractivity contribution is 0.475. The Hall–Kier alpha value is -1.96. The van der Waals surface area contributed by atoms with Crippen molar-refractivity contribution in [2.45, 2.75) is 38.8 Å². The van der Waals surface area contributed by atoms with Gasteiger partial charge in [0.2, 0.25) is 0 Å². The third-order valence-corrected chi connectivity index (χ3v) is 4.20. The molecule has 2 aromatic carbocycles. The Kier molecular flexibility index (Phi) is 3.39. The van der Waals surface area contributed by atoms with E-state index in [1.807, 2.05) is 12.1 Å². The fourth-order valence-electron chi connectivity index (χ4n) is 3.33. The zero-order valence-electron chi connectivity index (χ0n) is 12.1. The van der Waals surface area contributed by atoms with E-state index in [0.29, 0.717) is 17.8 Å². The van der Waals surface area contributed by atoms with Gasteiger partial charge in [0.25, 0.3) is 0 Å². The zero-order valence-corrected chi connectivity index (χ0v) is 12.1. The topological polar surface area (TPSA) is 23.5 Å². The van der Waals surface area contributed by atoms with Crippen molar-refractivity contribution in [2.24, 2.45) is 0 Å². The summed E-state index contributed by atoms with van der Waals surface area (Å²) in [6, 6.07) is 17.3. The van der Waals surface area contributed by atoms with Gasteiger partial charge in [0, 0.05) is 17.8 Å². The van der Waals surface area contributed by atoms with E-state index in [2.05, 4.69) is 43.0 Å². The Balaban J connectivity index is 1.80. The maximum atomic E-state index is 9.36. The van der Waals surface area contributed by atoms with E-state index in [1.54, 1.807) is 12.1 Å². The summed E-state index contributed by atoms with van der Waals surface area (Å²) in [6.45, 7) is 4.58. The van der Waals surface area contributed by atoms with E-state index in [-0.39, 0.29) is 0 Å². The molecule has 0 aliphatic carbocycles. The second kappa shape index (κ2) is 5.20. The van der Waals surface area contributed by atoms with Gasteiger partial charge in [-0.2, -0.15) is 0 Å². The summed E-state index contributed by atoms with van der Waals surface area (Å²) in [5.41, 5.74) is 4.11. The van der Waals surface area contributed by atoms with Crippen molar-refractivity contribution in [1.82, 2.24) is 0 Å². The Labute approximate surface area is 120 Å². The lowest BCUT2D eigenvalue weighted by Crippen LogP contribution is -2.38. The molecule has 0 radical (unpaired) electrons. The highest BCUT2D eigenvalue weighted by atomic mass is 16.3. The van der Waals surface area contributed by atoms with E-state index in [1.165, 1.54) is 16.8 Å². The highest BCUT2D eigenvalue weighted by Crippen LogP contribution is 2.34. The Morgan fingerprint density at radius 3 is 2.60 bits per heavy atom. The van der Waals surface area contributed by atoms with Crippen molar-refractivity contribution in [2.75, 3.05) is 4.90 Å². The van der Waals surface area contributed by atoms with Gasteiger partial charge in [0.05, 0.1) is 0 Å². The fourth-order valence-corrected chi connectivity index (χ4v) is 3.33. The Morgan fingerprint density at radius 1 is 1.15 bits per heavy atom. The van der Waals surface area contributed by atoms with Crippen LogP contribution in [0.2, 0.25) is 0 Å². The molecular weight excluding hydrogens is 246 g/mol. The quantitative estimate of drug-likeness (QED) is 0.915. The van der Waals surface area contributed by atoms with Crippen molar-refractivity contribution in [3.05, 3.63) is 59.7 Å². The maximum Gasteiger partial charge on any atom is 0.115 e. The van der Waals surface area contributed by atoms with Crippen LogP contribution in [0.25, 0.3) is 0 Å². The molecule has 0 fully saturated rings. The molecule has 0 amide bonds. The number of benzene rings is 2. The number of phenols is 1. The third kappa shape index (κ3) is 2.38. The molecule has 1 aliphatic rings. The van der Waals surface area contributed by atoms with Crippen LogP contribution in [0.3, 0.4) is 0 Å². The molecule has 2 atom stereocenters. The fraction of sp³-hybridized carbons (Fsp3) is 0.333. The number of phenolic OH excluding ortho intramolecular Hbond substituents is 1. The van der Waals surface area contributed by atoms with Crippen LogP contribution in [-0.2, 0) is 12.8 Å². The van der Waals surface area contributed by atoms with E-state index in [0.717, 1.165) is 12.8 Å². The summed E-state index contributed by atoms with van der Waals surface area (Å²) >= 11 is 0. The smallest absolute Gasteiger partial charge is 0.115 e. The van der Waals surface area contributed by atoms with Crippen LogP contribution < -0.4 is 4.90 Å². The van der Waals surface area contributed by atoms with Gasteiger partial charge in [-0.25, -0.2) is 0 Å². The number of anilines is 1. The van der Waals surface area contributed by atoms with Crippen molar-refractivity contribution >= 4 is 5.69 Å². The molecule has 2 nitrogen and oxygen atoms in total. The maximum absolute atomic E-state index is 9.36. The molecule has 1 heterocycles. The molecule has 0 saturated carbocycles. The average molecular weight is 267 g/mol.